The van der Waals surface area contributed by atoms with Crippen LogP contribution in [0.3, 0.4) is 0 Å². The van der Waals surface area contributed by atoms with Gasteiger partial charge in [0.2, 0.25) is 0 Å². The van der Waals surface area contributed by atoms with Gasteiger partial charge in [-0.05, 0) is 88.7 Å². The van der Waals surface area contributed by atoms with Crippen molar-refractivity contribution in [3.8, 4) is 17.1 Å². The second-order valence-corrected chi connectivity index (χ2v) is 13.6. The molecule has 43 heavy (non-hydrogen) atoms. The van der Waals surface area contributed by atoms with E-state index in [2.05, 4.69) is 18.8 Å². The highest BCUT2D eigenvalue weighted by atomic mass is 16.6. The van der Waals surface area contributed by atoms with E-state index in [1.807, 2.05) is 6.92 Å². The van der Waals surface area contributed by atoms with Gasteiger partial charge in [-0.1, -0.05) is 13.8 Å². The summed E-state index contributed by atoms with van der Waals surface area (Å²) in [7, 11) is 0. The normalized spacial score (nSPS) is 35.5. The molecule has 2 unspecified atom stereocenters. The number of nitrogens with zero attached hydrogens (tertiary/aromatic N) is 1. The van der Waals surface area contributed by atoms with Gasteiger partial charge in [0.1, 0.15) is 34.9 Å². The maximum atomic E-state index is 13.5. The molecule has 0 amide bonds. The minimum atomic E-state index is -1.26. The van der Waals surface area contributed by atoms with Crippen LogP contribution in [0.25, 0.3) is 11.3 Å². The minimum absolute atomic E-state index is 0.0229. The Labute approximate surface area is 252 Å². The molecule has 2 aromatic rings. The van der Waals surface area contributed by atoms with Gasteiger partial charge in [0.05, 0.1) is 17.9 Å². The summed E-state index contributed by atoms with van der Waals surface area (Å²) in [5.74, 6) is 0.107. The van der Waals surface area contributed by atoms with Crippen LogP contribution >= 0.6 is 0 Å². The van der Waals surface area contributed by atoms with Crippen molar-refractivity contribution in [2.45, 2.75) is 109 Å². The summed E-state index contributed by atoms with van der Waals surface area (Å²) in [6.07, 6.45) is 8.15. The number of rotatable bonds is 5. The molecule has 0 aromatic carbocycles. The van der Waals surface area contributed by atoms with E-state index in [9.17, 15) is 19.5 Å². The molecule has 0 spiro atoms. The number of hydrogen-bond acceptors (Lipinski definition) is 9. The van der Waals surface area contributed by atoms with Crippen LogP contribution in [0.5, 0.6) is 5.75 Å². The standard InChI is InChI=1S/C34H43NO8/c1-19-6-10-21(11-7-19)31(37)40-24-15-25-30(36)29-27(17-26(41-33(29)39)23-5-4-14-35-18-23)43-34(25,3)28(16-24)42-32(38)22-12-8-20(2)9-13-22/h4-5,14,17-22,24-25,28,30,36H,6-13,15-16H2,1-3H3/t19?,20?,21?,22?,24-,25?,28-,30?,34-/m1/s1. The fraction of sp³-hybridized carbons (Fsp3) is 0.647. The average molecular weight is 594 g/mol. The summed E-state index contributed by atoms with van der Waals surface area (Å²) in [5, 5.41) is 11.7. The monoisotopic (exact) mass is 593 g/mol. The number of aliphatic hydroxyl groups excluding tert-OH is 1. The Kier molecular flexibility index (Phi) is 8.37. The Morgan fingerprint density at radius 1 is 0.953 bits per heavy atom. The molecule has 3 saturated carbocycles. The van der Waals surface area contributed by atoms with E-state index < -0.39 is 35.5 Å². The predicted molar refractivity (Wildman–Crippen MR) is 157 cm³/mol. The van der Waals surface area contributed by atoms with Crippen molar-refractivity contribution in [2.75, 3.05) is 0 Å². The molecule has 5 atom stereocenters. The van der Waals surface area contributed by atoms with Crippen LogP contribution in [0.1, 0.15) is 96.6 Å². The highest BCUT2D eigenvalue weighted by Gasteiger charge is 2.58. The minimum Gasteiger partial charge on any atom is -0.482 e. The Balaban J connectivity index is 1.30. The van der Waals surface area contributed by atoms with Crippen LogP contribution < -0.4 is 10.4 Å². The molecule has 0 saturated heterocycles. The molecule has 3 aliphatic carbocycles. The third kappa shape index (κ3) is 5.97. The highest BCUT2D eigenvalue weighted by Crippen LogP contribution is 2.52. The van der Waals surface area contributed by atoms with E-state index >= 15 is 0 Å². The van der Waals surface area contributed by atoms with E-state index in [0.29, 0.717) is 17.4 Å². The molecule has 9 nitrogen and oxygen atoms in total. The lowest BCUT2D eigenvalue weighted by Gasteiger charge is -2.52. The molecule has 2 aromatic heterocycles. The van der Waals surface area contributed by atoms with Crippen molar-refractivity contribution < 1.29 is 33.3 Å². The van der Waals surface area contributed by atoms with Crippen LogP contribution in [0.4, 0.5) is 0 Å². The molecule has 3 fully saturated rings. The highest BCUT2D eigenvalue weighted by molar-refractivity contribution is 5.73. The number of hydrogen-bond donors (Lipinski definition) is 1. The Morgan fingerprint density at radius 3 is 2.19 bits per heavy atom. The molecule has 1 aliphatic heterocycles. The lowest BCUT2D eigenvalue weighted by atomic mass is 9.67. The van der Waals surface area contributed by atoms with Gasteiger partial charge >= 0.3 is 17.6 Å². The van der Waals surface area contributed by atoms with Gasteiger partial charge in [0.25, 0.3) is 0 Å². The summed E-state index contributed by atoms with van der Waals surface area (Å²) in [5.41, 5.74) is -1.25. The topological polar surface area (TPSA) is 125 Å². The lowest BCUT2D eigenvalue weighted by molar-refractivity contribution is -0.209. The summed E-state index contributed by atoms with van der Waals surface area (Å²) in [4.78, 5) is 44.1. The molecule has 6 rings (SSSR count). The van der Waals surface area contributed by atoms with Crippen LogP contribution in [-0.4, -0.2) is 39.8 Å². The Bertz CT molecular complexity index is 1370. The number of carbonyl (C=O) groups excluding carboxylic acids is 2. The quantitative estimate of drug-likeness (QED) is 0.430. The van der Waals surface area contributed by atoms with Gasteiger partial charge in [-0.2, -0.15) is 0 Å². The van der Waals surface area contributed by atoms with E-state index in [1.54, 1.807) is 30.6 Å². The number of aromatic nitrogens is 1. The summed E-state index contributed by atoms with van der Waals surface area (Å²) in [6.45, 7) is 6.23. The van der Waals surface area contributed by atoms with Gasteiger partial charge in [-0.25, -0.2) is 4.79 Å². The summed E-state index contributed by atoms with van der Waals surface area (Å²) < 4.78 is 24.5. The SMILES string of the molecule is CC1CCC(C(=O)O[C@@H]2CC3C(O)c4c(cc(-c5cccnc5)oc4=O)O[C@@]3(C)[C@H](OC(=O)C3CCC(C)CC3)C2)CC1. The van der Waals surface area contributed by atoms with Crippen LogP contribution in [-0.2, 0) is 19.1 Å². The van der Waals surface area contributed by atoms with Crippen molar-refractivity contribution in [3.63, 3.8) is 0 Å². The molecule has 9 heteroatoms. The van der Waals surface area contributed by atoms with Crippen LogP contribution in [0.15, 0.2) is 39.8 Å². The smallest absolute Gasteiger partial charge is 0.345 e. The van der Waals surface area contributed by atoms with Crippen molar-refractivity contribution in [1.29, 1.82) is 0 Å². The van der Waals surface area contributed by atoms with Gasteiger partial charge in [0.15, 0.2) is 0 Å². The predicted octanol–water partition coefficient (Wildman–Crippen LogP) is 5.77. The second-order valence-electron chi connectivity index (χ2n) is 13.6. The van der Waals surface area contributed by atoms with Crippen molar-refractivity contribution in [2.24, 2.45) is 29.6 Å². The van der Waals surface area contributed by atoms with Crippen LogP contribution in [0.2, 0.25) is 0 Å². The summed E-state index contributed by atoms with van der Waals surface area (Å²) >= 11 is 0. The first-order chi connectivity index (χ1) is 20.6. The van der Waals surface area contributed by atoms with Gasteiger partial charge in [-0.3, -0.25) is 14.6 Å². The molecular formula is C34H43NO8. The third-order valence-electron chi connectivity index (χ3n) is 10.5. The first-order valence-corrected chi connectivity index (χ1v) is 16.0. The zero-order valence-electron chi connectivity index (χ0n) is 25.3. The number of esters is 2. The van der Waals surface area contributed by atoms with E-state index in [0.717, 1.165) is 51.4 Å². The van der Waals surface area contributed by atoms with Crippen molar-refractivity contribution >= 4 is 11.9 Å². The molecular weight excluding hydrogens is 550 g/mol. The molecule has 0 bridgehead atoms. The number of ether oxygens (including phenoxy) is 3. The molecule has 3 heterocycles. The zero-order valence-corrected chi connectivity index (χ0v) is 25.3. The van der Waals surface area contributed by atoms with Crippen LogP contribution in [0, 0.1) is 29.6 Å². The largest absolute Gasteiger partial charge is 0.482 e. The number of aliphatic hydroxyl groups is 1. The van der Waals surface area contributed by atoms with E-state index in [1.165, 1.54) is 0 Å². The maximum Gasteiger partial charge on any atom is 0.345 e. The molecule has 0 radical (unpaired) electrons. The maximum absolute atomic E-state index is 13.5. The molecule has 4 aliphatic rings. The number of pyridine rings is 1. The Morgan fingerprint density at radius 2 is 1.58 bits per heavy atom. The Hall–Kier alpha value is -3.20. The zero-order chi connectivity index (χ0) is 30.3. The third-order valence-corrected chi connectivity index (χ3v) is 10.5. The van der Waals surface area contributed by atoms with E-state index in [-0.39, 0.29) is 53.7 Å². The van der Waals surface area contributed by atoms with Gasteiger partial charge < -0.3 is 23.7 Å². The van der Waals surface area contributed by atoms with Crippen molar-refractivity contribution in [3.05, 3.63) is 46.6 Å². The average Bonchev–Trinajstić information content (AvgIpc) is 2.99. The van der Waals surface area contributed by atoms with Gasteiger partial charge in [-0.15, -0.1) is 0 Å². The van der Waals surface area contributed by atoms with Gasteiger partial charge in [0, 0.05) is 36.4 Å². The first-order valence-electron chi connectivity index (χ1n) is 16.0. The van der Waals surface area contributed by atoms with Crippen molar-refractivity contribution in [1.82, 2.24) is 4.98 Å². The summed E-state index contributed by atoms with van der Waals surface area (Å²) in [6, 6.07) is 5.10. The fourth-order valence-corrected chi connectivity index (χ4v) is 7.58. The van der Waals surface area contributed by atoms with E-state index in [4.69, 9.17) is 18.6 Å². The molecule has 1 N–H and O–H groups in total. The molecule has 232 valence electrons. The first kappa shape index (κ1) is 29.9. The fourth-order valence-electron chi connectivity index (χ4n) is 7.58. The lowest BCUT2D eigenvalue weighted by Crippen LogP contribution is -2.62. The number of carbonyl (C=O) groups is 2. The number of fused-ring (bicyclic) bond motifs is 2. The second kappa shape index (κ2) is 12.1.